The van der Waals surface area contributed by atoms with Crippen molar-refractivity contribution < 1.29 is 14.6 Å². The van der Waals surface area contributed by atoms with E-state index in [1.807, 2.05) is 43.5 Å². The number of aliphatic hydroxyl groups excluding tert-OH is 1. The van der Waals surface area contributed by atoms with E-state index in [1.165, 1.54) is 0 Å². The Morgan fingerprint density at radius 1 is 1.13 bits per heavy atom. The maximum Gasteiger partial charge on any atom is 0.242 e. The predicted molar refractivity (Wildman–Crippen MR) is 115 cm³/mol. The normalized spacial score (nSPS) is 15.5. The van der Waals surface area contributed by atoms with Crippen LogP contribution in [0.3, 0.4) is 0 Å². The molecule has 2 aromatic heterocycles. The van der Waals surface area contributed by atoms with Crippen LogP contribution in [-0.4, -0.2) is 49.8 Å². The van der Waals surface area contributed by atoms with Crippen LogP contribution in [0.2, 0.25) is 0 Å². The Morgan fingerprint density at radius 3 is 2.60 bits per heavy atom. The molecule has 3 heterocycles. The fourth-order valence-electron chi connectivity index (χ4n) is 3.75. The number of aliphatic hydroxyl groups is 1. The van der Waals surface area contributed by atoms with Gasteiger partial charge in [0.25, 0.3) is 0 Å². The topological polar surface area (TPSA) is 72.6 Å². The molecule has 30 heavy (non-hydrogen) atoms. The minimum absolute atomic E-state index is 0.247. The first-order valence-corrected chi connectivity index (χ1v) is 10.4. The van der Waals surface area contributed by atoms with E-state index in [0.29, 0.717) is 25.1 Å². The third kappa shape index (κ3) is 4.80. The lowest BCUT2D eigenvalue weighted by atomic mass is 10.0. The highest BCUT2D eigenvalue weighted by atomic mass is 16.5. The van der Waals surface area contributed by atoms with Crippen molar-refractivity contribution in [3.8, 4) is 5.88 Å². The summed E-state index contributed by atoms with van der Waals surface area (Å²) in [5.41, 5.74) is 3.63. The lowest BCUT2D eigenvalue weighted by molar-refractivity contribution is 0.0476. The second-order valence-corrected chi connectivity index (χ2v) is 8.92. The van der Waals surface area contributed by atoms with Gasteiger partial charge in [-0.2, -0.15) is 4.98 Å². The van der Waals surface area contributed by atoms with E-state index in [4.69, 9.17) is 9.47 Å². The third-order valence-corrected chi connectivity index (χ3v) is 5.12. The Hall–Kier alpha value is -2.48. The molecule has 0 bridgehead atoms. The Balaban J connectivity index is 1.59. The van der Waals surface area contributed by atoms with E-state index in [-0.39, 0.29) is 12.2 Å². The highest BCUT2D eigenvalue weighted by molar-refractivity contribution is 5.84. The standard InChI is InChI=1S/C23H30N4O3/c1-23(2,3)30-22-21-20(24-15-25-22)19(11-26-9-18(10-26)13-28)12-27(21)16-29-14-17-7-5-4-6-8-17/h4-8,12,15,18,28H,9-11,13-14,16H2,1-3H3. The molecule has 7 nitrogen and oxygen atoms in total. The predicted octanol–water partition coefficient (Wildman–Crippen LogP) is 3.21. The van der Waals surface area contributed by atoms with Crippen LogP contribution in [0.15, 0.2) is 42.9 Å². The van der Waals surface area contributed by atoms with Crippen molar-refractivity contribution in [2.45, 2.75) is 46.3 Å². The van der Waals surface area contributed by atoms with Gasteiger partial charge in [-0.15, -0.1) is 0 Å². The molecule has 0 spiro atoms. The van der Waals surface area contributed by atoms with Crippen LogP contribution in [0.1, 0.15) is 31.9 Å². The van der Waals surface area contributed by atoms with E-state index in [0.717, 1.165) is 41.8 Å². The molecule has 0 unspecified atom stereocenters. The summed E-state index contributed by atoms with van der Waals surface area (Å²) in [5.74, 6) is 0.945. The second kappa shape index (κ2) is 8.71. The zero-order chi connectivity index (χ0) is 21.1. The Morgan fingerprint density at radius 2 is 1.90 bits per heavy atom. The largest absolute Gasteiger partial charge is 0.470 e. The van der Waals surface area contributed by atoms with Crippen LogP contribution in [0.4, 0.5) is 0 Å². The minimum atomic E-state index is -0.368. The highest BCUT2D eigenvalue weighted by Crippen LogP contribution is 2.30. The number of benzene rings is 1. The number of hydrogen-bond donors (Lipinski definition) is 1. The molecule has 4 rings (SSSR count). The number of likely N-dealkylation sites (tertiary alicyclic amines) is 1. The lowest BCUT2D eigenvalue weighted by Crippen LogP contribution is -2.47. The van der Waals surface area contributed by atoms with Gasteiger partial charge in [0.2, 0.25) is 5.88 Å². The van der Waals surface area contributed by atoms with Crippen LogP contribution in [0.5, 0.6) is 5.88 Å². The lowest BCUT2D eigenvalue weighted by Gasteiger charge is -2.38. The number of ether oxygens (including phenoxy) is 2. The van der Waals surface area contributed by atoms with Gasteiger partial charge in [-0.1, -0.05) is 30.3 Å². The number of fused-ring (bicyclic) bond motifs is 1. The summed E-state index contributed by atoms with van der Waals surface area (Å²) in [6, 6.07) is 10.1. The van der Waals surface area contributed by atoms with Crippen LogP contribution < -0.4 is 4.74 Å². The molecule has 1 fully saturated rings. The average Bonchev–Trinajstić information content (AvgIpc) is 3.03. The summed E-state index contributed by atoms with van der Waals surface area (Å²) >= 11 is 0. The Bertz CT molecular complexity index is 975. The van der Waals surface area contributed by atoms with Crippen molar-refractivity contribution in [2.75, 3.05) is 19.7 Å². The third-order valence-electron chi connectivity index (χ3n) is 5.12. The zero-order valence-corrected chi connectivity index (χ0v) is 17.9. The minimum Gasteiger partial charge on any atom is -0.470 e. The van der Waals surface area contributed by atoms with E-state index in [2.05, 4.69) is 33.2 Å². The van der Waals surface area contributed by atoms with Crippen molar-refractivity contribution in [3.63, 3.8) is 0 Å². The maximum absolute atomic E-state index is 9.30. The summed E-state index contributed by atoms with van der Waals surface area (Å²) in [4.78, 5) is 11.3. The van der Waals surface area contributed by atoms with Crippen LogP contribution in [0, 0.1) is 5.92 Å². The van der Waals surface area contributed by atoms with Crippen molar-refractivity contribution in [3.05, 3.63) is 54.0 Å². The zero-order valence-electron chi connectivity index (χ0n) is 17.9. The molecule has 0 saturated carbocycles. The molecule has 1 aromatic carbocycles. The Kier molecular flexibility index (Phi) is 6.04. The quantitative estimate of drug-likeness (QED) is 0.615. The molecule has 0 radical (unpaired) electrons. The molecular formula is C23H30N4O3. The molecule has 3 aromatic rings. The van der Waals surface area contributed by atoms with Gasteiger partial charge in [0.15, 0.2) is 0 Å². The monoisotopic (exact) mass is 410 g/mol. The van der Waals surface area contributed by atoms with Gasteiger partial charge in [-0.05, 0) is 26.3 Å². The summed E-state index contributed by atoms with van der Waals surface area (Å²) in [5, 5.41) is 9.30. The molecule has 1 aliphatic heterocycles. The molecule has 160 valence electrons. The summed E-state index contributed by atoms with van der Waals surface area (Å²) in [6.45, 7) is 9.79. The number of nitrogens with zero attached hydrogens (tertiary/aromatic N) is 4. The van der Waals surface area contributed by atoms with Gasteiger partial charge in [0.05, 0.1) is 6.61 Å². The number of hydrogen-bond acceptors (Lipinski definition) is 6. The van der Waals surface area contributed by atoms with E-state index in [9.17, 15) is 5.11 Å². The molecule has 0 aliphatic carbocycles. The summed E-state index contributed by atoms with van der Waals surface area (Å²) in [7, 11) is 0. The van der Waals surface area contributed by atoms with Crippen LogP contribution in [-0.2, 0) is 24.6 Å². The van der Waals surface area contributed by atoms with Crippen molar-refractivity contribution in [1.29, 1.82) is 0 Å². The molecule has 1 saturated heterocycles. The first kappa shape index (κ1) is 20.8. The number of rotatable bonds is 8. The molecule has 7 heteroatoms. The van der Waals surface area contributed by atoms with Crippen LogP contribution in [0.25, 0.3) is 11.0 Å². The SMILES string of the molecule is CC(C)(C)Oc1ncnc2c(CN3CC(CO)C3)cn(COCc3ccccc3)c12. The van der Waals surface area contributed by atoms with Crippen molar-refractivity contribution in [2.24, 2.45) is 5.92 Å². The van der Waals surface area contributed by atoms with E-state index >= 15 is 0 Å². The van der Waals surface area contributed by atoms with Gasteiger partial charge < -0.3 is 19.1 Å². The van der Waals surface area contributed by atoms with Gasteiger partial charge >= 0.3 is 0 Å². The van der Waals surface area contributed by atoms with Gasteiger partial charge in [0, 0.05) is 43.9 Å². The summed E-state index contributed by atoms with van der Waals surface area (Å²) < 4.78 is 14.2. The highest BCUT2D eigenvalue weighted by Gasteiger charge is 2.28. The fraction of sp³-hybridized carbons (Fsp3) is 0.478. The van der Waals surface area contributed by atoms with Crippen LogP contribution >= 0.6 is 0 Å². The summed E-state index contributed by atoms with van der Waals surface area (Å²) in [6.07, 6.45) is 3.65. The first-order valence-electron chi connectivity index (χ1n) is 10.4. The smallest absolute Gasteiger partial charge is 0.242 e. The van der Waals surface area contributed by atoms with E-state index in [1.54, 1.807) is 6.33 Å². The second-order valence-electron chi connectivity index (χ2n) is 8.92. The fourth-order valence-corrected chi connectivity index (χ4v) is 3.75. The molecule has 0 atom stereocenters. The molecule has 1 N–H and O–H groups in total. The molecule has 1 aliphatic rings. The molecular weight excluding hydrogens is 380 g/mol. The molecule has 0 amide bonds. The average molecular weight is 411 g/mol. The van der Waals surface area contributed by atoms with Crippen molar-refractivity contribution >= 4 is 11.0 Å². The first-order chi connectivity index (χ1) is 14.4. The maximum atomic E-state index is 9.30. The number of aromatic nitrogens is 3. The Labute approximate surface area is 177 Å². The van der Waals surface area contributed by atoms with Gasteiger partial charge in [-0.25, -0.2) is 4.98 Å². The van der Waals surface area contributed by atoms with Gasteiger partial charge in [-0.3, -0.25) is 4.90 Å². The van der Waals surface area contributed by atoms with E-state index < -0.39 is 0 Å². The van der Waals surface area contributed by atoms with Crippen molar-refractivity contribution in [1.82, 2.24) is 19.4 Å². The van der Waals surface area contributed by atoms with Gasteiger partial charge in [0.1, 0.15) is 29.7 Å².